The number of carbonyl (C=O) groups excluding carboxylic acids is 1. The zero-order chi connectivity index (χ0) is 19.4. The molecular formula is C22H32N2O3. The van der Waals surface area contributed by atoms with E-state index < -0.39 is 5.97 Å². The van der Waals surface area contributed by atoms with Crippen molar-refractivity contribution < 1.29 is 14.7 Å². The van der Waals surface area contributed by atoms with Crippen LogP contribution in [0.25, 0.3) is 0 Å². The van der Waals surface area contributed by atoms with E-state index >= 15 is 0 Å². The van der Waals surface area contributed by atoms with Crippen molar-refractivity contribution in [2.24, 2.45) is 0 Å². The zero-order valence-corrected chi connectivity index (χ0v) is 16.6. The molecule has 1 heterocycles. The average Bonchev–Trinajstić information content (AvgIpc) is 2.99. The van der Waals surface area contributed by atoms with Crippen LogP contribution in [0.1, 0.15) is 56.1 Å². The number of aliphatic carboxylic acids is 1. The Morgan fingerprint density at radius 3 is 2.59 bits per heavy atom. The van der Waals surface area contributed by atoms with Crippen molar-refractivity contribution in [3.8, 4) is 0 Å². The van der Waals surface area contributed by atoms with Gasteiger partial charge in [-0.2, -0.15) is 0 Å². The molecule has 1 aromatic carbocycles. The van der Waals surface area contributed by atoms with E-state index in [-0.39, 0.29) is 23.9 Å². The molecule has 1 atom stereocenters. The zero-order valence-electron chi connectivity index (χ0n) is 16.6. The van der Waals surface area contributed by atoms with E-state index in [4.69, 9.17) is 5.11 Å². The highest BCUT2D eigenvalue weighted by molar-refractivity contribution is 5.88. The second kappa shape index (κ2) is 8.42. The molecule has 1 aliphatic heterocycles. The molecule has 148 valence electrons. The number of aryl methyl sites for hydroxylation is 1. The van der Waals surface area contributed by atoms with Gasteiger partial charge in [-0.3, -0.25) is 14.5 Å². The maximum absolute atomic E-state index is 13.7. The summed E-state index contributed by atoms with van der Waals surface area (Å²) in [7, 11) is 1.88. The largest absolute Gasteiger partial charge is 0.480 e. The van der Waals surface area contributed by atoms with Crippen molar-refractivity contribution in [2.75, 3.05) is 26.7 Å². The minimum absolute atomic E-state index is 0.0614. The summed E-state index contributed by atoms with van der Waals surface area (Å²) in [5.41, 5.74) is 2.02. The number of carboxylic acid groups (broad SMARTS) is 1. The first-order valence-corrected chi connectivity index (χ1v) is 10.2. The first-order chi connectivity index (χ1) is 12.9. The topological polar surface area (TPSA) is 60.9 Å². The van der Waals surface area contributed by atoms with Crippen LogP contribution in [0.15, 0.2) is 24.3 Å². The molecule has 5 heteroatoms. The number of amides is 1. The summed E-state index contributed by atoms with van der Waals surface area (Å²) in [5, 5.41) is 9.04. The van der Waals surface area contributed by atoms with Gasteiger partial charge < -0.3 is 10.0 Å². The monoisotopic (exact) mass is 372 g/mol. The molecular weight excluding hydrogens is 340 g/mol. The summed E-state index contributed by atoms with van der Waals surface area (Å²) < 4.78 is 0. The van der Waals surface area contributed by atoms with Crippen molar-refractivity contribution in [1.29, 1.82) is 0 Å². The maximum atomic E-state index is 13.7. The fraction of sp³-hybridized carbons (Fsp3) is 0.636. The molecule has 0 aromatic heterocycles. The first kappa shape index (κ1) is 19.9. The van der Waals surface area contributed by atoms with E-state index in [0.29, 0.717) is 0 Å². The predicted octanol–water partition coefficient (Wildman–Crippen LogP) is 3.20. The number of carboxylic acids is 1. The molecule has 5 nitrogen and oxygen atoms in total. The lowest BCUT2D eigenvalue weighted by Crippen LogP contribution is -2.46. The Morgan fingerprint density at radius 2 is 1.93 bits per heavy atom. The second-order valence-electron chi connectivity index (χ2n) is 8.34. The molecule has 2 fully saturated rings. The van der Waals surface area contributed by atoms with Gasteiger partial charge in [-0.1, -0.05) is 42.7 Å². The van der Waals surface area contributed by atoms with Crippen molar-refractivity contribution in [3.05, 3.63) is 35.4 Å². The number of likely N-dealkylation sites (N-methyl/N-ethyl adjacent to an activating group) is 1. The number of likely N-dealkylation sites (tertiary alicyclic amines) is 1. The number of carbonyl (C=O) groups is 2. The smallest absolute Gasteiger partial charge is 0.317 e. The van der Waals surface area contributed by atoms with Crippen molar-refractivity contribution in [1.82, 2.24) is 9.80 Å². The second-order valence-corrected chi connectivity index (χ2v) is 8.34. The SMILES string of the molecule is Cc1cccc(C2(C(=O)N3CCCC(N(C)CC(=O)O)CC3)CCCC2)c1. The first-order valence-electron chi connectivity index (χ1n) is 10.2. The van der Waals surface area contributed by atoms with Crippen LogP contribution in [-0.2, 0) is 15.0 Å². The van der Waals surface area contributed by atoms with Gasteiger partial charge >= 0.3 is 5.97 Å². The lowest BCUT2D eigenvalue weighted by Gasteiger charge is -2.35. The summed E-state index contributed by atoms with van der Waals surface area (Å²) >= 11 is 0. The summed E-state index contributed by atoms with van der Waals surface area (Å²) in [6.45, 7) is 3.65. The van der Waals surface area contributed by atoms with Crippen molar-refractivity contribution in [2.45, 2.75) is 63.3 Å². The maximum Gasteiger partial charge on any atom is 0.317 e. The highest BCUT2D eigenvalue weighted by Crippen LogP contribution is 2.43. The van der Waals surface area contributed by atoms with Gasteiger partial charge in [0.15, 0.2) is 0 Å². The van der Waals surface area contributed by atoms with Gasteiger partial charge in [0.2, 0.25) is 5.91 Å². The Hall–Kier alpha value is -1.88. The van der Waals surface area contributed by atoms with Crippen LogP contribution in [0.4, 0.5) is 0 Å². The Labute approximate surface area is 162 Å². The van der Waals surface area contributed by atoms with Crippen LogP contribution in [0.3, 0.4) is 0 Å². The lowest BCUT2D eigenvalue weighted by atomic mass is 9.77. The van der Waals surface area contributed by atoms with E-state index in [1.54, 1.807) is 0 Å². The summed E-state index contributed by atoms with van der Waals surface area (Å²) in [6.07, 6.45) is 6.83. The van der Waals surface area contributed by atoms with Crippen LogP contribution in [0.2, 0.25) is 0 Å². The molecule has 1 saturated carbocycles. The minimum Gasteiger partial charge on any atom is -0.480 e. The Bertz CT molecular complexity index is 682. The van der Waals surface area contributed by atoms with Crippen LogP contribution < -0.4 is 0 Å². The molecule has 1 aliphatic carbocycles. The van der Waals surface area contributed by atoms with E-state index in [1.807, 2.05) is 11.9 Å². The van der Waals surface area contributed by atoms with E-state index in [2.05, 4.69) is 36.1 Å². The summed E-state index contributed by atoms with van der Waals surface area (Å²) in [5.74, 6) is -0.508. The molecule has 1 saturated heterocycles. The van der Waals surface area contributed by atoms with Crippen LogP contribution in [0, 0.1) is 6.92 Å². The standard InChI is InChI=1S/C22H32N2O3/c1-17-7-5-8-18(15-17)22(11-3-4-12-22)21(27)24-13-6-9-19(10-14-24)23(2)16-20(25)26/h5,7-8,15,19H,3-4,6,9-14,16H2,1-2H3,(H,25,26). The number of rotatable bonds is 5. The van der Waals surface area contributed by atoms with Gasteiger partial charge in [-0.25, -0.2) is 0 Å². The van der Waals surface area contributed by atoms with Crippen LogP contribution in [-0.4, -0.2) is 59.5 Å². The average molecular weight is 373 g/mol. The fourth-order valence-electron chi connectivity index (χ4n) is 4.92. The molecule has 0 spiro atoms. The van der Waals surface area contributed by atoms with Gasteiger partial charge in [-0.15, -0.1) is 0 Å². The van der Waals surface area contributed by atoms with Crippen LogP contribution >= 0.6 is 0 Å². The highest BCUT2D eigenvalue weighted by atomic mass is 16.4. The third-order valence-corrected chi connectivity index (χ3v) is 6.43. The molecule has 3 rings (SSSR count). The number of benzene rings is 1. The van der Waals surface area contributed by atoms with E-state index in [9.17, 15) is 9.59 Å². The number of hydrogen-bond acceptors (Lipinski definition) is 3. The molecule has 27 heavy (non-hydrogen) atoms. The predicted molar refractivity (Wildman–Crippen MR) is 106 cm³/mol. The highest BCUT2D eigenvalue weighted by Gasteiger charge is 2.45. The number of nitrogens with zero attached hydrogens (tertiary/aromatic N) is 2. The molecule has 1 aromatic rings. The molecule has 0 bridgehead atoms. The molecule has 1 amide bonds. The van der Waals surface area contributed by atoms with Gasteiger partial charge in [0.05, 0.1) is 12.0 Å². The van der Waals surface area contributed by atoms with Gasteiger partial charge in [0.25, 0.3) is 0 Å². The normalized spacial score (nSPS) is 22.6. The van der Waals surface area contributed by atoms with E-state index in [0.717, 1.165) is 58.0 Å². The molecule has 0 radical (unpaired) electrons. The Morgan fingerprint density at radius 1 is 1.19 bits per heavy atom. The third-order valence-electron chi connectivity index (χ3n) is 6.43. The lowest BCUT2D eigenvalue weighted by molar-refractivity contribution is -0.139. The minimum atomic E-state index is -0.793. The summed E-state index contributed by atoms with van der Waals surface area (Å²) in [6, 6.07) is 8.70. The Balaban J connectivity index is 1.75. The molecule has 1 N–H and O–H groups in total. The van der Waals surface area contributed by atoms with E-state index in [1.165, 1.54) is 11.1 Å². The molecule has 1 unspecified atom stereocenters. The van der Waals surface area contributed by atoms with Crippen molar-refractivity contribution in [3.63, 3.8) is 0 Å². The van der Waals surface area contributed by atoms with Gasteiger partial charge in [0.1, 0.15) is 0 Å². The quantitative estimate of drug-likeness (QED) is 0.862. The third kappa shape index (κ3) is 4.34. The van der Waals surface area contributed by atoms with Gasteiger partial charge in [-0.05, 0) is 51.6 Å². The summed E-state index contributed by atoms with van der Waals surface area (Å²) in [4.78, 5) is 28.6. The van der Waals surface area contributed by atoms with Crippen molar-refractivity contribution >= 4 is 11.9 Å². The molecule has 2 aliphatic rings. The van der Waals surface area contributed by atoms with Gasteiger partial charge in [0, 0.05) is 19.1 Å². The van der Waals surface area contributed by atoms with Crippen LogP contribution in [0.5, 0.6) is 0 Å². The Kier molecular flexibility index (Phi) is 6.20. The number of hydrogen-bond donors (Lipinski definition) is 1. The fourth-order valence-corrected chi connectivity index (χ4v) is 4.92.